The summed E-state index contributed by atoms with van der Waals surface area (Å²) in [5.41, 5.74) is 3.04. The monoisotopic (exact) mass is 643 g/mol. The molecule has 0 aliphatic carbocycles. The summed E-state index contributed by atoms with van der Waals surface area (Å²) in [5.74, 6) is 0.220. The number of carbonyl (C=O) groups is 3. The molecular weight excluding hydrogens is 601 g/mol. The van der Waals surface area contributed by atoms with Crippen LogP contribution in [0.2, 0.25) is 0 Å². The van der Waals surface area contributed by atoms with Crippen LogP contribution in [0.25, 0.3) is 0 Å². The van der Waals surface area contributed by atoms with Gasteiger partial charge in [0.15, 0.2) is 0 Å². The van der Waals surface area contributed by atoms with Crippen molar-refractivity contribution in [3.8, 4) is 5.75 Å². The summed E-state index contributed by atoms with van der Waals surface area (Å²) in [5, 5.41) is 3.41. The smallest absolute Gasteiger partial charge is 0.253 e. The van der Waals surface area contributed by atoms with E-state index >= 15 is 0 Å². The number of pyridine rings is 1. The zero-order valence-corrected chi connectivity index (χ0v) is 27.7. The van der Waals surface area contributed by atoms with E-state index < -0.39 is 5.41 Å². The molecule has 238 valence electrons. The van der Waals surface area contributed by atoms with E-state index in [2.05, 4.69) is 16.4 Å². The van der Waals surface area contributed by atoms with Crippen molar-refractivity contribution in [2.24, 2.45) is 5.41 Å². The van der Waals surface area contributed by atoms with Crippen molar-refractivity contribution in [1.82, 2.24) is 15.2 Å². The van der Waals surface area contributed by atoms with Crippen LogP contribution in [0, 0.1) is 5.41 Å². The van der Waals surface area contributed by atoms with Crippen molar-refractivity contribution in [1.29, 1.82) is 0 Å². The maximum Gasteiger partial charge on any atom is 0.253 e. The number of hydrogen-bond acceptors (Lipinski definition) is 6. The quantitative estimate of drug-likeness (QED) is 0.217. The first-order valence-electron chi connectivity index (χ1n) is 14.5. The van der Waals surface area contributed by atoms with E-state index in [4.69, 9.17) is 4.74 Å². The number of ether oxygens (including phenoxy) is 1. The molecule has 11 heteroatoms. The second-order valence-corrected chi connectivity index (χ2v) is 11.1. The van der Waals surface area contributed by atoms with Crippen molar-refractivity contribution >= 4 is 53.9 Å². The lowest BCUT2D eigenvalue weighted by molar-refractivity contribution is -0.137. The Kier molecular flexibility index (Phi) is 13.6. The molecule has 0 unspecified atom stereocenters. The first kappa shape index (κ1) is 36.5. The minimum Gasteiger partial charge on any atom is -0.494 e. The number of fused-ring (bicyclic) bond motifs is 1. The Morgan fingerprint density at radius 2 is 1.73 bits per heavy atom. The molecule has 44 heavy (non-hydrogen) atoms. The number of aromatic nitrogens is 1. The van der Waals surface area contributed by atoms with Gasteiger partial charge in [0, 0.05) is 63.8 Å². The van der Waals surface area contributed by atoms with Crippen LogP contribution in [0.1, 0.15) is 48.8 Å². The first-order valence-corrected chi connectivity index (χ1v) is 14.5. The first-order chi connectivity index (χ1) is 20.1. The van der Waals surface area contributed by atoms with Gasteiger partial charge >= 0.3 is 0 Å². The predicted octanol–water partition coefficient (Wildman–Crippen LogP) is 5.15. The van der Waals surface area contributed by atoms with Crippen molar-refractivity contribution < 1.29 is 19.1 Å². The lowest BCUT2D eigenvalue weighted by Crippen LogP contribution is -2.47. The highest BCUT2D eigenvalue weighted by molar-refractivity contribution is 6.20. The molecule has 1 N–H and O–H groups in total. The molecule has 2 aromatic carbocycles. The highest BCUT2D eigenvalue weighted by Crippen LogP contribution is 2.40. The third-order valence-corrected chi connectivity index (χ3v) is 7.58. The topological polar surface area (TPSA) is 95.1 Å². The molecule has 0 spiro atoms. The number of aryl methyl sites for hydroxylation is 1. The Hall–Kier alpha value is -3.66. The van der Waals surface area contributed by atoms with Crippen molar-refractivity contribution in [2.75, 3.05) is 50.1 Å². The highest BCUT2D eigenvalue weighted by Gasteiger charge is 2.45. The standard InChI is InChI=1S/C33H41N5O4.2ClH/c1-6-38-28-15-14-27(22-29(28)37(5)31(40)33(2,3)32(38)41)42-20-10-13-26-21-24(16-17-35-26)23-34-18-19-36(4)30(39)25-11-8-7-9-12-25;;/h7-9,11-12,14-17,21-22,34H,6,10,13,18-20,23H2,1-5H3;2*1H. The summed E-state index contributed by atoms with van der Waals surface area (Å²) in [6.45, 7) is 8.21. The maximum atomic E-state index is 13.1. The van der Waals surface area contributed by atoms with E-state index in [0.717, 1.165) is 24.1 Å². The lowest BCUT2D eigenvalue weighted by Gasteiger charge is -2.27. The van der Waals surface area contributed by atoms with E-state index in [1.54, 1.807) is 35.6 Å². The second-order valence-electron chi connectivity index (χ2n) is 11.1. The Morgan fingerprint density at radius 1 is 1.00 bits per heavy atom. The number of rotatable bonds is 12. The fourth-order valence-electron chi connectivity index (χ4n) is 5.07. The van der Waals surface area contributed by atoms with Gasteiger partial charge in [-0.25, -0.2) is 0 Å². The average molecular weight is 645 g/mol. The largest absolute Gasteiger partial charge is 0.494 e. The molecule has 0 fully saturated rings. The zero-order valence-electron chi connectivity index (χ0n) is 26.0. The molecule has 1 aromatic heterocycles. The fraction of sp³-hybridized carbons (Fsp3) is 0.394. The highest BCUT2D eigenvalue weighted by atomic mass is 35.5. The molecule has 0 bridgehead atoms. The van der Waals surface area contributed by atoms with Crippen LogP contribution in [-0.4, -0.2) is 67.9 Å². The van der Waals surface area contributed by atoms with Gasteiger partial charge in [0.25, 0.3) is 5.91 Å². The van der Waals surface area contributed by atoms with Gasteiger partial charge in [-0.05, 0) is 75.6 Å². The number of hydrogen-bond donors (Lipinski definition) is 1. The van der Waals surface area contributed by atoms with Gasteiger partial charge in [0.2, 0.25) is 11.8 Å². The third-order valence-electron chi connectivity index (χ3n) is 7.58. The van der Waals surface area contributed by atoms with Crippen LogP contribution in [0.5, 0.6) is 5.75 Å². The van der Waals surface area contributed by atoms with E-state index in [1.807, 2.05) is 74.8 Å². The Labute approximate surface area is 272 Å². The SMILES string of the molecule is CCN1C(=O)C(C)(C)C(=O)N(C)c2cc(OCCCc3cc(CNCCN(C)C(=O)c4ccccc4)ccn3)ccc21.Cl.Cl. The van der Waals surface area contributed by atoms with Crippen LogP contribution >= 0.6 is 24.8 Å². The number of anilines is 2. The van der Waals surface area contributed by atoms with E-state index in [0.29, 0.717) is 55.5 Å². The van der Waals surface area contributed by atoms with E-state index in [9.17, 15) is 14.4 Å². The van der Waals surface area contributed by atoms with Gasteiger partial charge in [0.05, 0.1) is 18.0 Å². The van der Waals surface area contributed by atoms with Gasteiger partial charge < -0.3 is 24.8 Å². The van der Waals surface area contributed by atoms with Crippen molar-refractivity contribution in [3.05, 3.63) is 83.7 Å². The molecular formula is C33H43Cl2N5O4. The fourth-order valence-corrected chi connectivity index (χ4v) is 5.07. The summed E-state index contributed by atoms with van der Waals surface area (Å²) in [6.07, 6.45) is 3.35. The second kappa shape index (κ2) is 16.4. The summed E-state index contributed by atoms with van der Waals surface area (Å²) in [7, 11) is 3.52. The summed E-state index contributed by atoms with van der Waals surface area (Å²) in [6, 6.07) is 18.9. The van der Waals surface area contributed by atoms with Crippen LogP contribution in [0.15, 0.2) is 66.9 Å². The van der Waals surface area contributed by atoms with E-state index in [-0.39, 0.29) is 42.5 Å². The van der Waals surface area contributed by atoms with E-state index in [1.165, 1.54) is 0 Å². The molecule has 0 saturated carbocycles. The summed E-state index contributed by atoms with van der Waals surface area (Å²) < 4.78 is 6.04. The number of nitrogens with zero attached hydrogens (tertiary/aromatic N) is 4. The predicted molar refractivity (Wildman–Crippen MR) is 179 cm³/mol. The van der Waals surface area contributed by atoms with Crippen LogP contribution in [0.3, 0.4) is 0 Å². The molecule has 0 atom stereocenters. The average Bonchev–Trinajstić information content (AvgIpc) is 3.05. The van der Waals surface area contributed by atoms with Gasteiger partial charge in [-0.15, -0.1) is 24.8 Å². The molecule has 0 radical (unpaired) electrons. The van der Waals surface area contributed by atoms with Gasteiger partial charge in [-0.2, -0.15) is 0 Å². The van der Waals surface area contributed by atoms with Crippen molar-refractivity contribution in [2.45, 2.75) is 40.2 Å². The molecule has 0 saturated heterocycles. The third kappa shape index (κ3) is 8.49. The Morgan fingerprint density at radius 3 is 2.43 bits per heavy atom. The van der Waals surface area contributed by atoms with Gasteiger partial charge in [0.1, 0.15) is 11.2 Å². The number of halogens is 2. The molecule has 2 heterocycles. The van der Waals surface area contributed by atoms with Crippen LogP contribution < -0.4 is 19.9 Å². The summed E-state index contributed by atoms with van der Waals surface area (Å²) in [4.78, 5) is 48.1. The molecule has 1 aliphatic heterocycles. The lowest BCUT2D eigenvalue weighted by atomic mass is 9.90. The van der Waals surface area contributed by atoms with Gasteiger partial charge in [-0.3, -0.25) is 19.4 Å². The van der Waals surface area contributed by atoms with Crippen LogP contribution in [0.4, 0.5) is 11.4 Å². The normalized spacial score (nSPS) is 13.8. The molecule has 3 amide bonds. The molecule has 3 aromatic rings. The number of amides is 3. The van der Waals surface area contributed by atoms with Gasteiger partial charge in [-0.1, -0.05) is 18.2 Å². The maximum absolute atomic E-state index is 13.1. The summed E-state index contributed by atoms with van der Waals surface area (Å²) >= 11 is 0. The number of likely N-dealkylation sites (N-methyl/N-ethyl adjacent to an activating group) is 1. The number of nitrogens with one attached hydrogen (secondary N) is 1. The van der Waals surface area contributed by atoms with Crippen LogP contribution in [-0.2, 0) is 22.6 Å². The number of carbonyl (C=O) groups excluding carboxylic acids is 3. The zero-order chi connectivity index (χ0) is 30.3. The minimum absolute atomic E-state index is 0. The number of benzene rings is 2. The minimum atomic E-state index is -1.14. The molecule has 4 rings (SSSR count). The van der Waals surface area contributed by atoms with Crippen molar-refractivity contribution in [3.63, 3.8) is 0 Å². The molecule has 1 aliphatic rings. The Balaban J connectivity index is 0.00000337. The molecule has 9 nitrogen and oxygen atoms in total. The Bertz CT molecular complexity index is 1420.